The Morgan fingerprint density at radius 1 is 1.15 bits per heavy atom. The minimum absolute atomic E-state index is 0.323. The summed E-state index contributed by atoms with van der Waals surface area (Å²) in [7, 11) is 1.90. The molecule has 0 aliphatic carbocycles. The molecule has 0 aromatic rings. The van der Waals surface area contributed by atoms with Gasteiger partial charge in [-0.15, -0.1) is 0 Å². The second kappa shape index (κ2) is 19.8. The van der Waals surface area contributed by atoms with E-state index in [0.29, 0.717) is 5.92 Å². The van der Waals surface area contributed by atoms with Crippen molar-refractivity contribution in [2.75, 3.05) is 7.05 Å². The fourth-order valence-corrected chi connectivity index (χ4v) is 1.39. The first-order valence-electron chi connectivity index (χ1n) is 7.57. The molecule has 0 radical (unpaired) electrons. The van der Waals surface area contributed by atoms with Crippen molar-refractivity contribution in [1.82, 2.24) is 5.32 Å². The molecule has 0 saturated heterocycles. The van der Waals surface area contributed by atoms with Crippen molar-refractivity contribution in [3.05, 3.63) is 60.9 Å². The first-order valence-corrected chi connectivity index (χ1v) is 7.57. The molecule has 0 aliphatic rings. The molecular weight excluding hydrogens is 242 g/mol. The first kappa shape index (κ1) is 23.6. The highest BCUT2D eigenvalue weighted by Crippen LogP contribution is 2.21. The highest BCUT2D eigenvalue weighted by molar-refractivity contribution is 5.35. The van der Waals surface area contributed by atoms with Crippen LogP contribution in [0.2, 0.25) is 0 Å². The monoisotopic (exact) mass is 277 g/mol. The number of rotatable bonds is 6. The van der Waals surface area contributed by atoms with E-state index in [9.17, 15) is 0 Å². The van der Waals surface area contributed by atoms with Gasteiger partial charge in [0.1, 0.15) is 0 Å². The van der Waals surface area contributed by atoms with Gasteiger partial charge >= 0.3 is 0 Å². The van der Waals surface area contributed by atoms with Crippen LogP contribution in [-0.2, 0) is 0 Å². The molecule has 1 unspecified atom stereocenters. The van der Waals surface area contributed by atoms with Crippen LogP contribution in [0.3, 0.4) is 0 Å². The van der Waals surface area contributed by atoms with E-state index < -0.39 is 0 Å². The maximum Gasteiger partial charge on any atom is 0.00749 e. The van der Waals surface area contributed by atoms with Crippen molar-refractivity contribution in [2.24, 2.45) is 5.92 Å². The van der Waals surface area contributed by atoms with Crippen molar-refractivity contribution in [3.63, 3.8) is 0 Å². The Morgan fingerprint density at radius 2 is 1.65 bits per heavy atom. The third-order valence-electron chi connectivity index (χ3n) is 2.22. The second-order valence-corrected chi connectivity index (χ2v) is 3.97. The summed E-state index contributed by atoms with van der Waals surface area (Å²) < 4.78 is 0. The molecule has 1 N–H and O–H groups in total. The van der Waals surface area contributed by atoms with Crippen LogP contribution in [-0.4, -0.2) is 7.05 Å². The number of hydrogen-bond donors (Lipinski definition) is 1. The number of nitrogens with one attached hydrogen (secondary N) is 1. The summed E-state index contributed by atoms with van der Waals surface area (Å²) >= 11 is 0. The summed E-state index contributed by atoms with van der Waals surface area (Å²) in [6.07, 6.45) is 13.0. The van der Waals surface area contributed by atoms with Crippen LogP contribution in [0.5, 0.6) is 0 Å². The average Bonchev–Trinajstić information content (AvgIpc) is 2.47. The van der Waals surface area contributed by atoms with Gasteiger partial charge in [0.05, 0.1) is 0 Å². The van der Waals surface area contributed by atoms with E-state index in [4.69, 9.17) is 0 Å². The van der Waals surface area contributed by atoms with E-state index in [1.165, 1.54) is 17.6 Å². The molecule has 116 valence electrons. The molecule has 0 aromatic carbocycles. The summed E-state index contributed by atoms with van der Waals surface area (Å²) in [4.78, 5) is 0. The summed E-state index contributed by atoms with van der Waals surface area (Å²) in [5, 5.41) is 3.05. The van der Waals surface area contributed by atoms with Gasteiger partial charge in [-0.1, -0.05) is 84.6 Å². The largest absolute Gasteiger partial charge is 0.394 e. The average molecular weight is 277 g/mol. The van der Waals surface area contributed by atoms with Gasteiger partial charge < -0.3 is 5.32 Å². The van der Waals surface area contributed by atoms with Crippen LogP contribution in [0.1, 0.15) is 48.0 Å². The quantitative estimate of drug-likeness (QED) is 0.583. The lowest BCUT2D eigenvalue weighted by Crippen LogP contribution is -2.04. The van der Waals surface area contributed by atoms with Gasteiger partial charge in [-0.05, 0) is 24.3 Å². The third kappa shape index (κ3) is 12.9. The van der Waals surface area contributed by atoms with E-state index in [-0.39, 0.29) is 0 Å². The van der Waals surface area contributed by atoms with Crippen LogP contribution in [0.15, 0.2) is 60.9 Å². The highest BCUT2D eigenvalue weighted by Gasteiger charge is 2.08. The molecule has 0 amide bonds. The topological polar surface area (TPSA) is 12.0 Å². The van der Waals surface area contributed by atoms with Crippen LogP contribution in [0.4, 0.5) is 0 Å². The molecule has 0 rings (SSSR count). The van der Waals surface area contributed by atoms with Gasteiger partial charge in [0.2, 0.25) is 0 Å². The molecule has 1 nitrogen and oxygen atoms in total. The molecule has 0 spiro atoms. The smallest absolute Gasteiger partial charge is 0.00749 e. The molecule has 0 bridgehead atoms. The molecule has 1 atom stereocenters. The van der Waals surface area contributed by atoms with E-state index in [1.807, 2.05) is 52.2 Å². The van der Waals surface area contributed by atoms with Crippen LogP contribution in [0, 0.1) is 5.92 Å². The zero-order valence-corrected chi connectivity index (χ0v) is 14.7. The maximum absolute atomic E-state index is 3.82. The van der Waals surface area contributed by atoms with Gasteiger partial charge in [-0.25, -0.2) is 0 Å². The molecule has 0 heterocycles. The van der Waals surface area contributed by atoms with Gasteiger partial charge in [0.25, 0.3) is 0 Å². The lowest BCUT2D eigenvalue weighted by atomic mass is 9.92. The molecule has 0 saturated carbocycles. The predicted molar refractivity (Wildman–Crippen MR) is 96.9 cm³/mol. The van der Waals surface area contributed by atoms with Crippen LogP contribution < -0.4 is 5.32 Å². The minimum Gasteiger partial charge on any atom is -0.394 e. The molecule has 0 fully saturated rings. The van der Waals surface area contributed by atoms with Crippen LogP contribution >= 0.6 is 0 Å². The minimum atomic E-state index is 0.323. The van der Waals surface area contributed by atoms with Crippen molar-refractivity contribution in [1.29, 1.82) is 0 Å². The maximum atomic E-state index is 3.82. The van der Waals surface area contributed by atoms with E-state index in [2.05, 4.69) is 45.3 Å². The predicted octanol–water partition coefficient (Wildman–Crippen LogP) is 6.04. The summed E-state index contributed by atoms with van der Waals surface area (Å²) in [6.45, 7) is 19.9. The fraction of sp³-hybridized carbons (Fsp3) is 0.474. The Balaban J connectivity index is -0.000000505. The third-order valence-corrected chi connectivity index (χ3v) is 2.22. The lowest BCUT2D eigenvalue weighted by molar-refractivity contribution is 0.833. The van der Waals surface area contributed by atoms with Crippen molar-refractivity contribution in [3.8, 4) is 0 Å². The van der Waals surface area contributed by atoms with E-state index >= 15 is 0 Å². The zero-order chi connectivity index (χ0) is 16.4. The summed E-state index contributed by atoms with van der Waals surface area (Å²) in [6, 6.07) is 0. The molecule has 0 aliphatic heterocycles. The van der Waals surface area contributed by atoms with Gasteiger partial charge in [0.15, 0.2) is 0 Å². The van der Waals surface area contributed by atoms with Gasteiger partial charge in [-0.3, -0.25) is 0 Å². The normalized spacial score (nSPS) is 12.6. The Morgan fingerprint density at radius 3 is 1.95 bits per heavy atom. The summed E-state index contributed by atoms with van der Waals surface area (Å²) in [5.41, 5.74) is 2.40. The van der Waals surface area contributed by atoms with Crippen molar-refractivity contribution < 1.29 is 0 Å². The fourth-order valence-electron chi connectivity index (χ4n) is 1.39. The number of allylic oxidation sites excluding steroid dienone is 7. The molecular formula is C19H35N. The molecule has 0 aromatic heterocycles. The Kier molecular flexibility index (Phi) is 23.4. The number of hydrogen-bond acceptors (Lipinski definition) is 1. The zero-order valence-electron chi connectivity index (χ0n) is 14.7. The first-order chi connectivity index (χ1) is 9.62. The SMILES string of the molecule is C=C/C=C(\C=C)C(C)C(/C=C\C)=C/NC.CC.CCC. The van der Waals surface area contributed by atoms with Crippen LogP contribution in [0.25, 0.3) is 0 Å². The Labute approximate surface area is 127 Å². The summed E-state index contributed by atoms with van der Waals surface area (Å²) in [5.74, 6) is 0.323. The molecule has 1 heteroatoms. The Bertz CT molecular complexity index is 306. The second-order valence-electron chi connectivity index (χ2n) is 3.97. The highest BCUT2D eigenvalue weighted by atomic mass is 14.8. The van der Waals surface area contributed by atoms with Crippen molar-refractivity contribution in [2.45, 2.75) is 48.0 Å². The van der Waals surface area contributed by atoms with E-state index in [1.54, 1.807) is 6.08 Å². The molecule has 20 heavy (non-hydrogen) atoms. The Hall–Kier alpha value is -1.50. The lowest BCUT2D eigenvalue weighted by Gasteiger charge is -2.14. The van der Waals surface area contributed by atoms with Crippen molar-refractivity contribution >= 4 is 0 Å². The van der Waals surface area contributed by atoms with E-state index in [0.717, 1.165) is 0 Å². The standard InChI is InChI=1S/C14H21N.C3H8.C2H6/c1-6-9-13(8-3)12(4)14(10-7-2)11-15-5;1-3-2;1-2/h6-12,15H,1,3H2,2,4-5H3;3H2,1-2H3;1-2H3/b10-7-,13-9+,14-11+;;. The van der Waals surface area contributed by atoms with Gasteiger partial charge in [0, 0.05) is 13.0 Å². The van der Waals surface area contributed by atoms with Gasteiger partial charge in [-0.2, -0.15) is 0 Å².